The Labute approximate surface area is 104 Å². The Balaban J connectivity index is 1.93. The molecule has 2 aliphatic rings. The van der Waals surface area contributed by atoms with E-state index in [0.717, 1.165) is 51.7 Å². The lowest BCUT2D eigenvalue weighted by atomic mass is 10.0. The van der Waals surface area contributed by atoms with E-state index in [9.17, 15) is 10.2 Å². The fourth-order valence-corrected chi connectivity index (χ4v) is 3.33. The van der Waals surface area contributed by atoms with Gasteiger partial charge in [-0.05, 0) is 33.4 Å². The minimum absolute atomic E-state index is 0.218. The van der Waals surface area contributed by atoms with E-state index in [0.29, 0.717) is 6.04 Å². The first kappa shape index (κ1) is 13.3. The molecule has 2 rings (SSSR count). The predicted molar refractivity (Wildman–Crippen MR) is 68.0 cm³/mol. The summed E-state index contributed by atoms with van der Waals surface area (Å²) in [7, 11) is 4.13. The Kier molecular flexibility index (Phi) is 4.08. The fraction of sp³-hybridized carbons (Fsp3) is 1.00. The molecule has 2 N–H and O–H groups in total. The van der Waals surface area contributed by atoms with Crippen LogP contribution >= 0.6 is 0 Å². The molecule has 0 amide bonds. The Morgan fingerprint density at radius 3 is 2.53 bits per heavy atom. The van der Waals surface area contributed by atoms with Gasteiger partial charge in [0.05, 0.1) is 11.7 Å². The first-order valence-electron chi connectivity index (χ1n) is 6.78. The molecule has 17 heavy (non-hydrogen) atoms. The van der Waals surface area contributed by atoms with E-state index in [1.165, 1.54) is 0 Å². The fourth-order valence-electron chi connectivity index (χ4n) is 3.33. The van der Waals surface area contributed by atoms with Crippen LogP contribution in [0.25, 0.3) is 0 Å². The van der Waals surface area contributed by atoms with Crippen molar-refractivity contribution in [3.8, 4) is 0 Å². The standard InChI is InChI=1S/C13H26N2O2/c1-14(2)8-11-7-12(16)9-15(11)10-13(17)5-3-4-6-13/h11-12,16-17H,3-10H2,1-2H3. The highest BCUT2D eigenvalue weighted by Crippen LogP contribution is 2.32. The van der Waals surface area contributed by atoms with Crippen LogP contribution in [-0.4, -0.2) is 71.5 Å². The molecule has 4 nitrogen and oxygen atoms in total. The minimum atomic E-state index is -0.491. The molecule has 2 atom stereocenters. The number of hydrogen-bond acceptors (Lipinski definition) is 4. The second-order valence-electron chi connectivity index (χ2n) is 6.17. The first-order valence-corrected chi connectivity index (χ1v) is 6.78. The summed E-state index contributed by atoms with van der Waals surface area (Å²) in [4.78, 5) is 4.45. The van der Waals surface area contributed by atoms with Gasteiger partial charge in [0.2, 0.25) is 0 Å². The van der Waals surface area contributed by atoms with Gasteiger partial charge in [0.15, 0.2) is 0 Å². The van der Waals surface area contributed by atoms with Crippen molar-refractivity contribution in [1.29, 1.82) is 0 Å². The SMILES string of the molecule is CN(C)CC1CC(O)CN1CC1(O)CCCC1. The van der Waals surface area contributed by atoms with Crippen LogP contribution in [0.1, 0.15) is 32.1 Å². The van der Waals surface area contributed by atoms with Crippen LogP contribution in [0.5, 0.6) is 0 Å². The van der Waals surface area contributed by atoms with E-state index in [2.05, 4.69) is 23.9 Å². The summed E-state index contributed by atoms with van der Waals surface area (Å²) in [5.41, 5.74) is -0.491. The van der Waals surface area contributed by atoms with E-state index in [1.54, 1.807) is 0 Å². The smallest absolute Gasteiger partial charge is 0.0774 e. The highest BCUT2D eigenvalue weighted by molar-refractivity contribution is 4.94. The zero-order chi connectivity index (χ0) is 12.5. The first-order chi connectivity index (χ1) is 7.98. The monoisotopic (exact) mass is 242 g/mol. The van der Waals surface area contributed by atoms with Crippen molar-refractivity contribution in [3.63, 3.8) is 0 Å². The van der Waals surface area contributed by atoms with Crippen molar-refractivity contribution in [2.45, 2.75) is 49.9 Å². The van der Waals surface area contributed by atoms with Gasteiger partial charge < -0.3 is 15.1 Å². The molecule has 0 aromatic rings. The molecule has 2 fully saturated rings. The lowest BCUT2D eigenvalue weighted by Gasteiger charge is -2.33. The van der Waals surface area contributed by atoms with E-state index in [4.69, 9.17) is 0 Å². The van der Waals surface area contributed by atoms with Crippen molar-refractivity contribution in [2.75, 3.05) is 33.7 Å². The van der Waals surface area contributed by atoms with Crippen LogP contribution in [-0.2, 0) is 0 Å². The van der Waals surface area contributed by atoms with Gasteiger partial charge in [-0.1, -0.05) is 12.8 Å². The topological polar surface area (TPSA) is 46.9 Å². The second-order valence-corrected chi connectivity index (χ2v) is 6.17. The van der Waals surface area contributed by atoms with Gasteiger partial charge in [-0.15, -0.1) is 0 Å². The Hall–Kier alpha value is -0.160. The summed E-state index contributed by atoms with van der Waals surface area (Å²) >= 11 is 0. The quantitative estimate of drug-likeness (QED) is 0.744. The number of hydrogen-bond donors (Lipinski definition) is 2. The lowest BCUT2D eigenvalue weighted by molar-refractivity contribution is 0.00143. The van der Waals surface area contributed by atoms with Crippen LogP contribution in [0.2, 0.25) is 0 Å². The van der Waals surface area contributed by atoms with Gasteiger partial charge >= 0.3 is 0 Å². The number of aliphatic hydroxyl groups excluding tert-OH is 1. The molecular weight excluding hydrogens is 216 g/mol. The van der Waals surface area contributed by atoms with E-state index in [1.807, 2.05) is 0 Å². The highest BCUT2D eigenvalue weighted by Gasteiger charge is 2.39. The molecule has 1 aliphatic carbocycles. The van der Waals surface area contributed by atoms with Crippen LogP contribution < -0.4 is 0 Å². The van der Waals surface area contributed by atoms with Gasteiger partial charge in [-0.3, -0.25) is 4.90 Å². The van der Waals surface area contributed by atoms with Crippen molar-refractivity contribution in [1.82, 2.24) is 9.80 Å². The normalized spacial score (nSPS) is 33.7. The minimum Gasteiger partial charge on any atom is -0.392 e. The molecule has 1 heterocycles. The molecule has 4 heteroatoms. The molecule has 1 aliphatic heterocycles. The number of likely N-dealkylation sites (N-methyl/N-ethyl adjacent to an activating group) is 1. The largest absolute Gasteiger partial charge is 0.392 e. The maximum absolute atomic E-state index is 10.5. The molecule has 0 radical (unpaired) electrons. The molecule has 2 unspecified atom stereocenters. The molecule has 1 saturated heterocycles. The third-order valence-electron chi connectivity index (χ3n) is 4.11. The third-order valence-corrected chi connectivity index (χ3v) is 4.11. The van der Waals surface area contributed by atoms with Crippen molar-refractivity contribution in [3.05, 3.63) is 0 Å². The summed E-state index contributed by atoms with van der Waals surface area (Å²) in [5.74, 6) is 0. The van der Waals surface area contributed by atoms with Crippen LogP contribution in [0.4, 0.5) is 0 Å². The number of β-amino-alcohol motifs (C(OH)–C–C–N with tert-alkyl or cyclic N) is 2. The van der Waals surface area contributed by atoms with E-state index in [-0.39, 0.29) is 6.10 Å². The maximum atomic E-state index is 10.5. The van der Waals surface area contributed by atoms with E-state index < -0.39 is 5.60 Å². The molecule has 100 valence electrons. The predicted octanol–water partition coefficient (Wildman–Crippen LogP) is 0.288. The van der Waals surface area contributed by atoms with Crippen molar-refractivity contribution in [2.24, 2.45) is 0 Å². The summed E-state index contributed by atoms with van der Waals surface area (Å²) in [6.07, 6.45) is 4.76. The Morgan fingerprint density at radius 2 is 1.94 bits per heavy atom. The number of nitrogens with zero attached hydrogens (tertiary/aromatic N) is 2. The van der Waals surface area contributed by atoms with Crippen LogP contribution in [0.15, 0.2) is 0 Å². The van der Waals surface area contributed by atoms with Crippen LogP contribution in [0.3, 0.4) is 0 Å². The molecule has 0 aromatic carbocycles. The van der Waals surface area contributed by atoms with E-state index >= 15 is 0 Å². The number of rotatable bonds is 4. The maximum Gasteiger partial charge on any atom is 0.0774 e. The zero-order valence-corrected chi connectivity index (χ0v) is 11.1. The van der Waals surface area contributed by atoms with Crippen LogP contribution in [0, 0.1) is 0 Å². The van der Waals surface area contributed by atoms with Gasteiger partial charge in [0.1, 0.15) is 0 Å². The van der Waals surface area contributed by atoms with Gasteiger partial charge in [0.25, 0.3) is 0 Å². The summed E-state index contributed by atoms with van der Waals surface area (Å²) in [6.45, 7) is 2.43. The van der Waals surface area contributed by atoms with Crippen molar-refractivity contribution < 1.29 is 10.2 Å². The molecule has 1 saturated carbocycles. The zero-order valence-electron chi connectivity index (χ0n) is 11.1. The second kappa shape index (κ2) is 5.22. The average Bonchev–Trinajstić information content (AvgIpc) is 2.74. The summed E-state index contributed by atoms with van der Waals surface area (Å²) in [6, 6.07) is 0.393. The van der Waals surface area contributed by atoms with Gasteiger partial charge in [-0.25, -0.2) is 0 Å². The van der Waals surface area contributed by atoms with Crippen molar-refractivity contribution >= 4 is 0 Å². The van der Waals surface area contributed by atoms with Gasteiger partial charge in [-0.2, -0.15) is 0 Å². The molecule has 0 bridgehead atoms. The number of likely N-dealkylation sites (tertiary alicyclic amines) is 1. The Bertz CT molecular complexity index is 252. The highest BCUT2D eigenvalue weighted by atomic mass is 16.3. The summed E-state index contributed by atoms with van der Waals surface area (Å²) in [5, 5.41) is 20.3. The average molecular weight is 242 g/mol. The lowest BCUT2D eigenvalue weighted by Crippen LogP contribution is -2.46. The molecule has 0 aromatic heterocycles. The number of aliphatic hydroxyl groups is 2. The molecular formula is C13H26N2O2. The van der Waals surface area contributed by atoms with Gasteiger partial charge in [0, 0.05) is 25.7 Å². The molecule has 0 spiro atoms. The summed E-state index contributed by atoms with van der Waals surface area (Å²) < 4.78 is 0. The Morgan fingerprint density at radius 1 is 1.29 bits per heavy atom. The third kappa shape index (κ3) is 3.41.